The van der Waals surface area contributed by atoms with E-state index in [0.717, 1.165) is 0 Å². The standard InChI is InChI=1S/C37H60N2P2/c1-16-37(17-2,18-3)40-39(36(13,14)15)41(40,25-24-28-22-20-19-21-23-28)38-32-30(34(7,8)9)26-29(33(4,5)6)27-31(32)35(10,11)12/h19-27H,16-18H2,1-15H3/b25-24+/t39?,40-,41-/m1/s1. The number of nitrogens with zero attached hydrogens (tertiary/aromatic N) is 2. The van der Waals surface area contributed by atoms with Crippen molar-refractivity contribution in [3.05, 3.63) is 70.5 Å². The molecular formula is C37H60N2P2. The van der Waals surface area contributed by atoms with Crippen LogP contribution in [0.25, 0.3) is 6.08 Å². The van der Waals surface area contributed by atoms with E-state index in [0.29, 0.717) is 5.16 Å². The molecule has 3 atom stereocenters. The number of hydrogen-bond donors (Lipinski definition) is 0. The van der Waals surface area contributed by atoms with Crippen molar-refractivity contribution in [1.82, 2.24) is 4.44 Å². The van der Waals surface area contributed by atoms with Crippen LogP contribution in [0.2, 0.25) is 0 Å². The topological polar surface area (TPSA) is 15.4 Å². The van der Waals surface area contributed by atoms with E-state index < -0.39 is 14.7 Å². The van der Waals surface area contributed by atoms with Gasteiger partial charge in [-0.1, -0.05) is 132 Å². The summed E-state index contributed by atoms with van der Waals surface area (Å²) in [5.74, 6) is 2.59. The van der Waals surface area contributed by atoms with Crippen molar-refractivity contribution in [2.45, 2.75) is 150 Å². The quantitative estimate of drug-likeness (QED) is 0.230. The first-order valence-corrected chi connectivity index (χ1v) is 19.6. The van der Waals surface area contributed by atoms with Crippen LogP contribution in [0.1, 0.15) is 145 Å². The molecule has 1 heterocycles. The maximum atomic E-state index is 6.19. The number of rotatable bonds is 7. The lowest BCUT2D eigenvalue weighted by Crippen LogP contribution is -2.28. The number of benzene rings is 2. The molecule has 228 valence electrons. The van der Waals surface area contributed by atoms with Gasteiger partial charge in [0.1, 0.15) is 6.89 Å². The Kier molecular flexibility index (Phi) is 9.80. The summed E-state index contributed by atoms with van der Waals surface area (Å²) in [6.45, 7) is 33.8. The molecule has 1 unspecified atom stereocenters. The molecule has 0 amide bonds. The minimum Gasteiger partial charge on any atom is -0.242 e. The minimum atomic E-state index is -2.00. The first-order chi connectivity index (χ1) is 18.7. The van der Waals surface area contributed by atoms with Crippen LogP contribution >= 0.6 is 14.7 Å². The summed E-state index contributed by atoms with van der Waals surface area (Å²) in [5.41, 5.74) is 6.82. The second-order valence-electron chi connectivity index (χ2n) is 16.1. The van der Waals surface area contributed by atoms with Gasteiger partial charge >= 0.3 is 0 Å². The fourth-order valence-electron chi connectivity index (χ4n) is 6.07. The summed E-state index contributed by atoms with van der Waals surface area (Å²) >= 11 is 0. The van der Waals surface area contributed by atoms with Gasteiger partial charge in [0.2, 0.25) is 0 Å². The minimum absolute atomic E-state index is 0.0179. The molecule has 0 N–H and O–H groups in total. The van der Waals surface area contributed by atoms with Gasteiger partial charge in [-0.25, -0.2) is 9.19 Å². The fraction of sp³-hybridized carbons (Fsp3) is 0.622. The zero-order chi connectivity index (χ0) is 31.2. The lowest BCUT2D eigenvalue weighted by atomic mass is 9.74. The molecule has 1 aliphatic heterocycles. The third-order valence-electron chi connectivity index (χ3n) is 8.81. The molecule has 3 rings (SSSR count). The summed E-state index contributed by atoms with van der Waals surface area (Å²) in [7, 11) is -0.453. The molecule has 0 radical (unpaired) electrons. The zero-order valence-electron chi connectivity index (χ0n) is 29.1. The van der Waals surface area contributed by atoms with E-state index in [4.69, 9.17) is 4.74 Å². The zero-order valence-corrected chi connectivity index (χ0v) is 30.9. The van der Waals surface area contributed by atoms with Gasteiger partial charge in [-0.2, -0.15) is 0 Å². The summed E-state index contributed by atoms with van der Waals surface area (Å²) in [4.78, 5) is 0. The molecule has 2 nitrogen and oxygen atoms in total. The van der Waals surface area contributed by atoms with E-state index >= 15 is 0 Å². The van der Waals surface area contributed by atoms with Gasteiger partial charge in [0.05, 0.1) is 5.69 Å². The van der Waals surface area contributed by atoms with Crippen LogP contribution in [-0.4, -0.2) is 15.1 Å². The van der Waals surface area contributed by atoms with Crippen LogP contribution in [0.15, 0.2) is 53.0 Å². The molecule has 0 aromatic heterocycles. The first-order valence-electron chi connectivity index (χ1n) is 15.8. The Balaban J connectivity index is 2.55. The Bertz CT molecular complexity index is 1240. The van der Waals surface area contributed by atoms with Crippen molar-refractivity contribution in [2.75, 3.05) is 0 Å². The average Bonchev–Trinajstić information content (AvgIpc) is 3.52. The molecule has 0 spiro atoms. The van der Waals surface area contributed by atoms with Crippen molar-refractivity contribution < 1.29 is 0 Å². The highest BCUT2D eigenvalue weighted by atomic mass is 32.1. The molecule has 0 bridgehead atoms. The van der Waals surface area contributed by atoms with E-state index in [-0.39, 0.29) is 21.8 Å². The monoisotopic (exact) mass is 594 g/mol. The summed E-state index contributed by atoms with van der Waals surface area (Å²) in [6, 6.07) is 15.8. The lowest BCUT2D eigenvalue weighted by Gasteiger charge is -2.33. The highest BCUT2D eigenvalue weighted by molar-refractivity contribution is 8.48. The highest BCUT2D eigenvalue weighted by Crippen LogP contribution is 3.08. The Morgan fingerprint density at radius 2 is 1.17 bits per heavy atom. The SMILES string of the molecule is CCC(CC)(CC)[P@]1N(C(C)(C)C)[P@@]1(/C=C/c1ccccc1)=Nc1c(C(C)(C)C)cc(C(C)(C)C)cc1C(C)(C)C. The van der Waals surface area contributed by atoms with Gasteiger partial charge in [0, 0.05) is 18.5 Å². The van der Waals surface area contributed by atoms with Crippen molar-refractivity contribution in [1.29, 1.82) is 0 Å². The maximum absolute atomic E-state index is 6.19. The lowest BCUT2D eigenvalue weighted by molar-refractivity contribution is 0.402. The van der Waals surface area contributed by atoms with E-state index in [2.05, 4.69) is 163 Å². The molecule has 1 aliphatic rings. The van der Waals surface area contributed by atoms with Crippen LogP contribution in [0.4, 0.5) is 5.69 Å². The smallest absolute Gasteiger partial charge is 0.100 e. The third kappa shape index (κ3) is 6.97. The normalized spacial score (nSPS) is 22.3. The van der Waals surface area contributed by atoms with Crippen molar-refractivity contribution in [2.24, 2.45) is 4.74 Å². The second-order valence-corrected chi connectivity index (χ2v) is 23.4. The summed E-state index contributed by atoms with van der Waals surface area (Å²) < 4.78 is 9.10. The van der Waals surface area contributed by atoms with E-state index in [1.165, 1.54) is 47.2 Å². The third-order valence-corrected chi connectivity index (χ3v) is 19.5. The Morgan fingerprint density at radius 1 is 0.707 bits per heavy atom. The van der Waals surface area contributed by atoms with Crippen LogP contribution in [0.5, 0.6) is 0 Å². The summed E-state index contributed by atoms with van der Waals surface area (Å²) in [6.07, 6.45) is 6.00. The van der Waals surface area contributed by atoms with Crippen LogP contribution in [0.3, 0.4) is 0 Å². The van der Waals surface area contributed by atoms with E-state index in [1.54, 1.807) is 0 Å². The van der Waals surface area contributed by atoms with Gasteiger partial charge in [-0.3, -0.25) is 0 Å². The molecule has 1 saturated heterocycles. The average molecular weight is 595 g/mol. The van der Waals surface area contributed by atoms with Crippen molar-refractivity contribution in [3.8, 4) is 0 Å². The van der Waals surface area contributed by atoms with Crippen LogP contribution in [-0.2, 0) is 16.2 Å². The Hall–Kier alpha value is -1.20. The molecule has 41 heavy (non-hydrogen) atoms. The van der Waals surface area contributed by atoms with Gasteiger partial charge < -0.3 is 0 Å². The molecule has 2 aromatic rings. The van der Waals surface area contributed by atoms with E-state index in [1.807, 2.05) is 0 Å². The van der Waals surface area contributed by atoms with Crippen molar-refractivity contribution >= 4 is 26.4 Å². The highest BCUT2D eigenvalue weighted by Gasteiger charge is 2.66. The van der Waals surface area contributed by atoms with Crippen LogP contribution in [0, 0.1) is 0 Å². The molecule has 1 fully saturated rings. The molecule has 0 saturated carbocycles. The van der Waals surface area contributed by atoms with Crippen molar-refractivity contribution in [3.63, 3.8) is 0 Å². The first kappa shape index (κ1) is 34.3. The maximum Gasteiger partial charge on any atom is 0.100 e. The van der Waals surface area contributed by atoms with Gasteiger partial charge in [0.15, 0.2) is 0 Å². The van der Waals surface area contributed by atoms with Gasteiger partial charge in [-0.05, 0) is 84.3 Å². The van der Waals surface area contributed by atoms with Crippen LogP contribution < -0.4 is 0 Å². The molecule has 2 aromatic carbocycles. The molecular weight excluding hydrogens is 534 g/mol. The molecule has 4 heteroatoms. The molecule has 0 aliphatic carbocycles. The van der Waals surface area contributed by atoms with Gasteiger partial charge in [0.25, 0.3) is 0 Å². The van der Waals surface area contributed by atoms with E-state index in [9.17, 15) is 0 Å². The Labute approximate surface area is 255 Å². The largest absolute Gasteiger partial charge is 0.242 e. The number of hydrogen-bond acceptors (Lipinski definition) is 1. The Morgan fingerprint density at radius 3 is 1.54 bits per heavy atom. The fourth-order valence-corrected chi connectivity index (χ4v) is 20.1. The second kappa shape index (κ2) is 11.7. The summed E-state index contributed by atoms with van der Waals surface area (Å²) in [5, 5.41) is 0.302. The predicted molar refractivity (Wildman–Crippen MR) is 189 cm³/mol. The predicted octanol–water partition coefficient (Wildman–Crippen LogP) is 13.4. The van der Waals surface area contributed by atoms with Gasteiger partial charge in [-0.15, -0.1) is 0 Å².